The van der Waals surface area contributed by atoms with Gasteiger partial charge in [0.05, 0.1) is 0 Å². The van der Waals surface area contributed by atoms with Crippen molar-refractivity contribution in [2.75, 3.05) is 0 Å². The van der Waals surface area contributed by atoms with E-state index in [1.165, 1.54) is 6.07 Å². The van der Waals surface area contributed by atoms with E-state index < -0.39 is 51.8 Å². The van der Waals surface area contributed by atoms with Gasteiger partial charge >= 0.3 is 0 Å². The van der Waals surface area contributed by atoms with Gasteiger partial charge in [-0.25, -0.2) is 30.7 Å². The van der Waals surface area contributed by atoms with Gasteiger partial charge in [0.1, 0.15) is 5.56 Å². The highest BCUT2D eigenvalue weighted by Gasteiger charge is 2.23. The van der Waals surface area contributed by atoms with E-state index in [1.54, 1.807) is 6.92 Å². The zero-order valence-corrected chi connectivity index (χ0v) is 14.4. The zero-order valence-electron chi connectivity index (χ0n) is 14.4. The quantitative estimate of drug-likeness (QED) is 0.210. The van der Waals surface area contributed by atoms with Gasteiger partial charge in [-0.15, -0.1) is 0 Å². The third kappa shape index (κ3) is 3.31. The molecule has 7 heteroatoms. The van der Waals surface area contributed by atoms with Crippen LogP contribution in [0.1, 0.15) is 30.0 Å². The maximum atomic E-state index is 14.1. The molecule has 3 rings (SSSR count). The van der Waals surface area contributed by atoms with Crippen LogP contribution in [-0.4, -0.2) is 0 Å². The Bertz CT molecular complexity index is 1120. The molecule has 0 amide bonds. The molecule has 3 aromatic rings. The van der Waals surface area contributed by atoms with Gasteiger partial charge in [0.15, 0.2) is 40.7 Å². The molecule has 0 saturated heterocycles. The van der Waals surface area contributed by atoms with Crippen LogP contribution < -0.4 is 0 Å². The second kappa shape index (κ2) is 7.55. The van der Waals surface area contributed by atoms with Crippen molar-refractivity contribution in [2.24, 2.45) is 0 Å². The molecule has 0 N–H and O–H groups in total. The van der Waals surface area contributed by atoms with Crippen molar-refractivity contribution in [1.29, 1.82) is 0 Å². The summed E-state index contributed by atoms with van der Waals surface area (Å²) in [5.74, 6) is -6.38. The number of hydrogen-bond acceptors (Lipinski definition) is 0. The topological polar surface area (TPSA) is 0 Å². The molecular formula is C21H11F7. The van der Waals surface area contributed by atoms with Crippen molar-refractivity contribution in [1.82, 2.24) is 0 Å². The Kier molecular flexibility index (Phi) is 5.32. The zero-order chi connectivity index (χ0) is 20.6. The van der Waals surface area contributed by atoms with Gasteiger partial charge in [0.25, 0.3) is 0 Å². The Morgan fingerprint density at radius 1 is 0.714 bits per heavy atom. The third-order valence-electron chi connectivity index (χ3n) is 4.16. The van der Waals surface area contributed by atoms with Gasteiger partial charge in [0, 0.05) is 16.5 Å². The van der Waals surface area contributed by atoms with E-state index in [2.05, 4.69) is 5.92 Å². The third-order valence-corrected chi connectivity index (χ3v) is 4.16. The van der Waals surface area contributed by atoms with Crippen molar-refractivity contribution in [2.45, 2.75) is 19.8 Å². The van der Waals surface area contributed by atoms with Crippen LogP contribution in [0.15, 0.2) is 24.3 Å². The van der Waals surface area contributed by atoms with E-state index in [-0.39, 0.29) is 29.2 Å². The summed E-state index contributed by atoms with van der Waals surface area (Å²) < 4.78 is 96.5. The van der Waals surface area contributed by atoms with E-state index in [0.717, 1.165) is 18.2 Å². The summed E-state index contributed by atoms with van der Waals surface area (Å²) in [4.78, 5) is 0. The lowest BCUT2D eigenvalue weighted by molar-refractivity contribution is 0.435. The minimum Gasteiger partial charge on any atom is -0.204 e. The first-order chi connectivity index (χ1) is 13.3. The Morgan fingerprint density at radius 2 is 1.36 bits per heavy atom. The number of hydrogen-bond donors (Lipinski definition) is 0. The smallest absolute Gasteiger partial charge is 0.195 e. The average molecular weight is 396 g/mol. The van der Waals surface area contributed by atoms with Crippen LogP contribution in [0.2, 0.25) is 0 Å². The number of fused-ring (bicyclic) bond motifs is 1. The molecule has 28 heavy (non-hydrogen) atoms. The SMILES string of the molecule is CCCc1c(F)c(F)c(C#Cc2ccc3c(F)c(F)c(F)cc3c2)c(F)c1F. The van der Waals surface area contributed by atoms with Crippen LogP contribution in [-0.2, 0) is 6.42 Å². The minimum atomic E-state index is -1.63. The fraction of sp³-hybridized carbons (Fsp3) is 0.143. The second-order valence-corrected chi connectivity index (χ2v) is 6.03. The van der Waals surface area contributed by atoms with Gasteiger partial charge < -0.3 is 0 Å². The summed E-state index contributed by atoms with van der Waals surface area (Å²) >= 11 is 0. The standard InChI is InChI=1S/C21H11F7/c1-2-3-13-17(24)19(26)14(20(27)18(13)25)7-5-10-4-6-12-11(8-10)9-15(22)21(28)16(12)23/h4,6,8-9H,2-3H2,1H3. The molecule has 0 aliphatic heterocycles. The first kappa shape index (κ1) is 19.7. The van der Waals surface area contributed by atoms with Crippen LogP contribution in [0.25, 0.3) is 10.8 Å². The minimum absolute atomic E-state index is 0.0419. The number of rotatable bonds is 2. The Hall–Kier alpha value is -3.01. The first-order valence-electron chi connectivity index (χ1n) is 8.20. The average Bonchev–Trinajstić information content (AvgIpc) is 2.68. The highest BCUT2D eigenvalue weighted by molar-refractivity contribution is 5.84. The number of halogens is 7. The van der Waals surface area contributed by atoms with Gasteiger partial charge in [-0.2, -0.15) is 0 Å². The number of benzene rings is 3. The summed E-state index contributed by atoms with van der Waals surface area (Å²) in [5.41, 5.74) is -1.73. The van der Waals surface area contributed by atoms with E-state index in [0.29, 0.717) is 0 Å². The second-order valence-electron chi connectivity index (χ2n) is 6.03. The molecule has 0 atom stereocenters. The van der Waals surface area contributed by atoms with Crippen molar-refractivity contribution in [3.8, 4) is 11.8 Å². The monoisotopic (exact) mass is 396 g/mol. The van der Waals surface area contributed by atoms with Crippen LogP contribution in [0.3, 0.4) is 0 Å². The predicted octanol–water partition coefficient (Wildman–Crippen LogP) is 6.17. The van der Waals surface area contributed by atoms with Gasteiger partial charge in [0.2, 0.25) is 0 Å². The van der Waals surface area contributed by atoms with Gasteiger partial charge in [-0.05, 0) is 30.0 Å². The molecule has 144 valence electrons. The highest BCUT2D eigenvalue weighted by Crippen LogP contribution is 2.26. The first-order valence-corrected chi connectivity index (χ1v) is 8.20. The fourth-order valence-electron chi connectivity index (χ4n) is 2.77. The van der Waals surface area contributed by atoms with Crippen LogP contribution in [0, 0.1) is 52.6 Å². The van der Waals surface area contributed by atoms with Crippen molar-refractivity contribution >= 4 is 10.8 Å². The predicted molar refractivity (Wildman–Crippen MR) is 90.1 cm³/mol. The van der Waals surface area contributed by atoms with Crippen molar-refractivity contribution in [3.05, 3.63) is 81.7 Å². The Morgan fingerprint density at radius 3 is 1.96 bits per heavy atom. The molecule has 0 heterocycles. The molecule has 3 aromatic carbocycles. The summed E-state index contributed by atoms with van der Waals surface area (Å²) in [7, 11) is 0. The molecule has 0 radical (unpaired) electrons. The lowest BCUT2D eigenvalue weighted by Gasteiger charge is -2.08. The largest absolute Gasteiger partial charge is 0.204 e. The van der Waals surface area contributed by atoms with Crippen LogP contribution in [0.4, 0.5) is 30.7 Å². The molecule has 0 nitrogen and oxygen atoms in total. The van der Waals surface area contributed by atoms with E-state index >= 15 is 0 Å². The van der Waals surface area contributed by atoms with Crippen LogP contribution >= 0.6 is 0 Å². The van der Waals surface area contributed by atoms with Crippen LogP contribution in [0.5, 0.6) is 0 Å². The molecule has 0 spiro atoms. The molecule has 0 bridgehead atoms. The highest BCUT2D eigenvalue weighted by atomic mass is 19.2. The summed E-state index contributed by atoms with van der Waals surface area (Å²) in [6.07, 6.45) is 0.0973. The molecule has 0 aliphatic rings. The normalized spacial score (nSPS) is 10.9. The molecule has 0 fully saturated rings. The Labute approximate surface area is 155 Å². The molecule has 0 unspecified atom stereocenters. The molecule has 0 aromatic heterocycles. The summed E-state index contributed by atoms with van der Waals surface area (Å²) in [6.45, 7) is 1.60. The Balaban J connectivity index is 2.11. The fourth-order valence-corrected chi connectivity index (χ4v) is 2.77. The molecule has 0 aliphatic carbocycles. The maximum absolute atomic E-state index is 14.1. The van der Waals surface area contributed by atoms with Crippen molar-refractivity contribution in [3.63, 3.8) is 0 Å². The van der Waals surface area contributed by atoms with E-state index in [9.17, 15) is 30.7 Å². The maximum Gasteiger partial charge on any atom is 0.195 e. The van der Waals surface area contributed by atoms with Gasteiger partial charge in [-0.1, -0.05) is 31.3 Å². The summed E-state index contributed by atoms with van der Waals surface area (Å²) in [6, 6.07) is 4.19. The molecule has 0 saturated carbocycles. The lowest BCUT2D eigenvalue weighted by Crippen LogP contribution is -2.06. The summed E-state index contributed by atoms with van der Waals surface area (Å²) in [5, 5.41) is -0.261. The molecular weight excluding hydrogens is 385 g/mol. The van der Waals surface area contributed by atoms with Gasteiger partial charge in [-0.3, -0.25) is 0 Å². The lowest BCUT2D eigenvalue weighted by atomic mass is 10.0. The van der Waals surface area contributed by atoms with E-state index in [4.69, 9.17) is 0 Å². The van der Waals surface area contributed by atoms with Crippen molar-refractivity contribution < 1.29 is 30.7 Å². The van der Waals surface area contributed by atoms with E-state index in [1.807, 2.05) is 5.92 Å².